The standard InChI is InChI=1S/C19H30N2/c1-16-5-7-18(8-6-16)19-4-2-3-17(15-19)9-12-21-13-10-20-11-14-21/h2-4,15-16,18,20H,5-14H2,1H3. The van der Waals surface area contributed by atoms with Crippen LogP contribution >= 0.6 is 0 Å². The molecule has 1 aromatic rings. The minimum atomic E-state index is 0.820. The monoisotopic (exact) mass is 286 g/mol. The van der Waals surface area contributed by atoms with Crippen molar-refractivity contribution < 1.29 is 0 Å². The van der Waals surface area contributed by atoms with Crippen LogP contribution in [0.15, 0.2) is 24.3 Å². The van der Waals surface area contributed by atoms with Gasteiger partial charge in [-0.2, -0.15) is 0 Å². The summed E-state index contributed by atoms with van der Waals surface area (Å²) in [6.45, 7) is 8.34. The molecule has 2 heteroatoms. The van der Waals surface area contributed by atoms with Gasteiger partial charge >= 0.3 is 0 Å². The van der Waals surface area contributed by atoms with Crippen molar-refractivity contribution in [3.05, 3.63) is 35.4 Å². The normalized spacial score (nSPS) is 27.7. The molecule has 0 radical (unpaired) electrons. The van der Waals surface area contributed by atoms with Crippen LogP contribution in [0.25, 0.3) is 0 Å². The highest BCUT2D eigenvalue weighted by Crippen LogP contribution is 2.35. The first-order valence-corrected chi connectivity index (χ1v) is 8.83. The summed E-state index contributed by atoms with van der Waals surface area (Å²) in [5.74, 6) is 1.76. The number of benzene rings is 1. The SMILES string of the molecule is CC1CCC(c2cccc(CCN3CCNCC3)c2)CC1. The summed E-state index contributed by atoms with van der Waals surface area (Å²) in [5, 5.41) is 3.43. The third kappa shape index (κ3) is 4.31. The van der Waals surface area contributed by atoms with Crippen LogP contribution in [0.3, 0.4) is 0 Å². The smallest absolute Gasteiger partial charge is 0.0108 e. The van der Waals surface area contributed by atoms with E-state index in [4.69, 9.17) is 0 Å². The predicted octanol–water partition coefficient (Wildman–Crippen LogP) is 3.43. The summed E-state index contributed by atoms with van der Waals surface area (Å²) in [6, 6.07) is 9.44. The average molecular weight is 286 g/mol. The summed E-state index contributed by atoms with van der Waals surface area (Å²) in [5.41, 5.74) is 3.13. The molecule has 0 atom stereocenters. The molecule has 1 saturated heterocycles. The van der Waals surface area contributed by atoms with Gasteiger partial charge in [-0.15, -0.1) is 0 Å². The number of nitrogens with one attached hydrogen (secondary N) is 1. The molecule has 0 amide bonds. The molecule has 0 aromatic heterocycles. The maximum Gasteiger partial charge on any atom is 0.0108 e. The predicted molar refractivity (Wildman–Crippen MR) is 89.8 cm³/mol. The molecule has 2 fully saturated rings. The molecule has 3 rings (SSSR count). The van der Waals surface area contributed by atoms with Crippen LogP contribution in [-0.4, -0.2) is 37.6 Å². The van der Waals surface area contributed by atoms with Crippen molar-refractivity contribution >= 4 is 0 Å². The van der Waals surface area contributed by atoms with Crippen LogP contribution < -0.4 is 5.32 Å². The number of hydrogen-bond acceptors (Lipinski definition) is 2. The summed E-state index contributed by atoms with van der Waals surface area (Å²) in [7, 11) is 0. The molecule has 0 spiro atoms. The Morgan fingerprint density at radius 3 is 2.62 bits per heavy atom. The Balaban J connectivity index is 1.55. The summed E-state index contributed by atoms with van der Waals surface area (Å²) in [4.78, 5) is 2.59. The van der Waals surface area contributed by atoms with E-state index >= 15 is 0 Å². The topological polar surface area (TPSA) is 15.3 Å². The Hall–Kier alpha value is -0.860. The molecule has 116 valence electrons. The lowest BCUT2D eigenvalue weighted by molar-refractivity contribution is 0.244. The van der Waals surface area contributed by atoms with Crippen molar-refractivity contribution in [3.63, 3.8) is 0 Å². The Labute approximate surface area is 129 Å². The van der Waals surface area contributed by atoms with Gasteiger partial charge in [-0.25, -0.2) is 0 Å². The van der Waals surface area contributed by atoms with Gasteiger partial charge in [-0.05, 0) is 42.2 Å². The fraction of sp³-hybridized carbons (Fsp3) is 0.684. The minimum absolute atomic E-state index is 0.820. The zero-order valence-corrected chi connectivity index (χ0v) is 13.5. The van der Waals surface area contributed by atoms with E-state index in [0.29, 0.717) is 0 Å². The largest absolute Gasteiger partial charge is 0.314 e. The number of piperazine rings is 1. The van der Waals surface area contributed by atoms with E-state index in [-0.39, 0.29) is 0 Å². The number of hydrogen-bond donors (Lipinski definition) is 1. The van der Waals surface area contributed by atoms with Crippen LogP contribution in [0.5, 0.6) is 0 Å². The number of rotatable bonds is 4. The van der Waals surface area contributed by atoms with Crippen molar-refractivity contribution in [2.45, 2.75) is 44.9 Å². The van der Waals surface area contributed by atoms with E-state index in [1.165, 1.54) is 57.3 Å². The molecule has 0 unspecified atom stereocenters. The van der Waals surface area contributed by atoms with Gasteiger partial charge in [0, 0.05) is 32.7 Å². The minimum Gasteiger partial charge on any atom is -0.314 e. The highest BCUT2D eigenvalue weighted by atomic mass is 15.2. The molecule has 0 bridgehead atoms. The van der Waals surface area contributed by atoms with Gasteiger partial charge < -0.3 is 10.2 Å². The molecule has 1 aliphatic carbocycles. The highest BCUT2D eigenvalue weighted by molar-refractivity contribution is 5.27. The molecule has 1 aromatic carbocycles. The molecule has 1 aliphatic heterocycles. The molecule has 1 saturated carbocycles. The quantitative estimate of drug-likeness (QED) is 0.912. The molecule has 1 heterocycles. The summed E-state index contributed by atoms with van der Waals surface area (Å²) < 4.78 is 0. The van der Waals surface area contributed by atoms with Crippen LogP contribution in [0.2, 0.25) is 0 Å². The first-order valence-electron chi connectivity index (χ1n) is 8.83. The first kappa shape index (κ1) is 15.1. The molecule has 21 heavy (non-hydrogen) atoms. The molecule has 2 aliphatic rings. The van der Waals surface area contributed by atoms with E-state index in [9.17, 15) is 0 Å². The summed E-state index contributed by atoms with van der Waals surface area (Å²) >= 11 is 0. The van der Waals surface area contributed by atoms with Crippen molar-refractivity contribution in [3.8, 4) is 0 Å². The van der Waals surface area contributed by atoms with Crippen molar-refractivity contribution in [1.82, 2.24) is 10.2 Å². The maximum absolute atomic E-state index is 3.43. The van der Waals surface area contributed by atoms with E-state index in [2.05, 4.69) is 41.4 Å². The molecule has 2 nitrogen and oxygen atoms in total. The Morgan fingerprint density at radius 1 is 1.10 bits per heavy atom. The fourth-order valence-electron chi connectivity index (χ4n) is 3.82. The van der Waals surface area contributed by atoms with Crippen LogP contribution in [0.4, 0.5) is 0 Å². The van der Waals surface area contributed by atoms with Crippen molar-refractivity contribution in [2.75, 3.05) is 32.7 Å². The van der Waals surface area contributed by atoms with Gasteiger partial charge in [0.2, 0.25) is 0 Å². The second-order valence-corrected chi connectivity index (χ2v) is 7.04. The van der Waals surface area contributed by atoms with E-state index in [0.717, 1.165) is 24.9 Å². The van der Waals surface area contributed by atoms with Crippen LogP contribution in [-0.2, 0) is 6.42 Å². The van der Waals surface area contributed by atoms with Gasteiger partial charge in [0.15, 0.2) is 0 Å². The lowest BCUT2D eigenvalue weighted by atomic mass is 9.79. The Kier molecular flexibility index (Phi) is 5.32. The zero-order chi connectivity index (χ0) is 14.5. The fourth-order valence-corrected chi connectivity index (χ4v) is 3.82. The van der Waals surface area contributed by atoms with E-state index < -0.39 is 0 Å². The van der Waals surface area contributed by atoms with Gasteiger partial charge in [0.05, 0.1) is 0 Å². The van der Waals surface area contributed by atoms with Crippen molar-refractivity contribution in [2.24, 2.45) is 5.92 Å². The molecule has 1 N–H and O–H groups in total. The zero-order valence-electron chi connectivity index (χ0n) is 13.5. The lowest BCUT2D eigenvalue weighted by Crippen LogP contribution is -2.44. The van der Waals surface area contributed by atoms with Gasteiger partial charge in [-0.1, -0.05) is 44.0 Å². The van der Waals surface area contributed by atoms with Gasteiger partial charge in [0.1, 0.15) is 0 Å². The van der Waals surface area contributed by atoms with Crippen LogP contribution in [0.1, 0.15) is 49.7 Å². The van der Waals surface area contributed by atoms with Crippen molar-refractivity contribution in [1.29, 1.82) is 0 Å². The van der Waals surface area contributed by atoms with Gasteiger partial charge in [0.25, 0.3) is 0 Å². The van der Waals surface area contributed by atoms with Crippen LogP contribution in [0, 0.1) is 5.92 Å². The highest BCUT2D eigenvalue weighted by Gasteiger charge is 2.19. The molecular formula is C19H30N2. The second-order valence-electron chi connectivity index (χ2n) is 7.04. The third-order valence-corrected chi connectivity index (χ3v) is 5.36. The second kappa shape index (κ2) is 7.42. The van der Waals surface area contributed by atoms with E-state index in [1.807, 2.05) is 0 Å². The maximum atomic E-state index is 3.43. The Bertz CT molecular complexity index is 429. The van der Waals surface area contributed by atoms with E-state index in [1.54, 1.807) is 5.56 Å². The lowest BCUT2D eigenvalue weighted by Gasteiger charge is -2.28. The molecular weight excluding hydrogens is 256 g/mol. The van der Waals surface area contributed by atoms with Gasteiger partial charge in [-0.3, -0.25) is 0 Å². The number of nitrogens with zero attached hydrogens (tertiary/aromatic N) is 1. The summed E-state index contributed by atoms with van der Waals surface area (Å²) in [6.07, 6.45) is 6.81. The Morgan fingerprint density at radius 2 is 1.86 bits per heavy atom. The third-order valence-electron chi connectivity index (χ3n) is 5.36. The average Bonchev–Trinajstić information content (AvgIpc) is 2.55. The first-order chi connectivity index (χ1) is 10.3.